The van der Waals surface area contributed by atoms with Crippen LogP contribution in [0.2, 0.25) is 0 Å². The van der Waals surface area contributed by atoms with Crippen LogP contribution in [0.15, 0.2) is 0 Å². The molecule has 0 aromatic rings. The molecule has 0 aromatic carbocycles. The van der Waals surface area contributed by atoms with E-state index < -0.39 is 0 Å². The zero-order valence-electron chi connectivity index (χ0n) is 3.85. The summed E-state index contributed by atoms with van der Waals surface area (Å²) in [5.41, 5.74) is 0. The van der Waals surface area contributed by atoms with E-state index >= 15 is 0 Å². The summed E-state index contributed by atoms with van der Waals surface area (Å²) in [4.78, 5) is 0. The molecule has 2 nitrogen and oxygen atoms in total. The highest BCUT2D eigenvalue weighted by Crippen LogP contribution is 2.11. The van der Waals surface area contributed by atoms with Gasteiger partial charge in [-0.2, -0.15) is 5.26 Å². The van der Waals surface area contributed by atoms with Crippen LogP contribution in [0.4, 0.5) is 0 Å². The number of hydrogen-bond acceptors (Lipinski definition) is 3. The van der Waals surface area contributed by atoms with E-state index in [0.29, 0.717) is 0 Å². The Morgan fingerprint density at radius 1 is 1.86 bits per heavy atom. The SMILES string of the molecule is N#CC1NCCS1. The van der Waals surface area contributed by atoms with Crippen molar-refractivity contribution in [1.82, 2.24) is 5.32 Å². The van der Waals surface area contributed by atoms with Crippen LogP contribution < -0.4 is 5.32 Å². The predicted octanol–water partition coefficient (Wildman–Crippen LogP) is 0.172. The molecule has 0 bridgehead atoms. The number of nitrogens with one attached hydrogen (secondary N) is 1. The summed E-state index contributed by atoms with van der Waals surface area (Å²) in [5.74, 6) is 1.08. The second kappa shape index (κ2) is 2.20. The number of nitrogens with zero attached hydrogens (tertiary/aromatic N) is 1. The average molecular weight is 114 g/mol. The minimum Gasteiger partial charge on any atom is -0.293 e. The van der Waals surface area contributed by atoms with Gasteiger partial charge < -0.3 is 0 Å². The van der Waals surface area contributed by atoms with Gasteiger partial charge in [0.1, 0.15) is 5.37 Å². The summed E-state index contributed by atoms with van der Waals surface area (Å²) < 4.78 is 0. The van der Waals surface area contributed by atoms with Crippen LogP contribution >= 0.6 is 11.8 Å². The van der Waals surface area contributed by atoms with Crippen molar-refractivity contribution in [3.05, 3.63) is 0 Å². The van der Waals surface area contributed by atoms with E-state index in [2.05, 4.69) is 11.4 Å². The maximum atomic E-state index is 8.23. The van der Waals surface area contributed by atoms with Crippen LogP contribution in [0.3, 0.4) is 0 Å². The first-order valence-electron chi connectivity index (χ1n) is 2.18. The number of rotatable bonds is 0. The third-order valence-electron chi connectivity index (χ3n) is 0.834. The highest BCUT2D eigenvalue weighted by atomic mass is 32.2. The molecule has 0 spiro atoms. The molecule has 0 saturated carbocycles. The van der Waals surface area contributed by atoms with Gasteiger partial charge in [-0.3, -0.25) is 5.32 Å². The van der Waals surface area contributed by atoms with Crippen LogP contribution in [0.1, 0.15) is 0 Å². The molecule has 1 unspecified atom stereocenters. The first kappa shape index (κ1) is 4.95. The van der Waals surface area contributed by atoms with Gasteiger partial charge in [0.2, 0.25) is 0 Å². The Morgan fingerprint density at radius 3 is 3.00 bits per heavy atom. The fourth-order valence-electron chi connectivity index (χ4n) is 0.509. The lowest BCUT2D eigenvalue weighted by Gasteiger charge is -1.90. The Balaban J connectivity index is 2.31. The summed E-state index contributed by atoms with van der Waals surface area (Å²) in [6.45, 7) is 0.989. The Kier molecular flexibility index (Phi) is 1.55. The standard InChI is InChI=1S/C4H6N2S/c5-3-4-6-1-2-7-4/h4,6H,1-2H2. The molecule has 1 heterocycles. The van der Waals surface area contributed by atoms with E-state index in [1.807, 2.05) is 0 Å². The van der Waals surface area contributed by atoms with Crippen molar-refractivity contribution in [2.45, 2.75) is 5.37 Å². The van der Waals surface area contributed by atoms with Crippen molar-refractivity contribution in [2.75, 3.05) is 12.3 Å². The molecular formula is C4H6N2S. The van der Waals surface area contributed by atoms with Crippen LogP contribution in [-0.4, -0.2) is 17.7 Å². The van der Waals surface area contributed by atoms with Gasteiger partial charge in [-0.25, -0.2) is 0 Å². The van der Waals surface area contributed by atoms with Crippen LogP contribution in [0.25, 0.3) is 0 Å². The molecule has 1 atom stereocenters. The smallest absolute Gasteiger partial charge is 0.142 e. The van der Waals surface area contributed by atoms with E-state index in [-0.39, 0.29) is 5.37 Å². The summed E-state index contributed by atoms with van der Waals surface area (Å²) >= 11 is 1.67. The fraction of sp³-hybridized carbons (Fsp3) is 0.750. The zero-order valence-corrected chi connectivity index (χ0v) is 4.66. The van der Waals surface area contributed by atoms with Gasteiger partial charge >= 0.3 is 0 Å². The Hall–Kier alpha value is -0.200. The van der Waals surface area contributed by atoms with Crippen molar-refractivity contribution in [3.63, 3.8) is 0 Å². The molecule has 1 rings (SSSR count). The topological polar surface area (TPSA) is 35.8 Å². The van der Waals surface area contributed by atoms with E-state index in [9.17, 15) is 0 Å². The van der Waals surface area contributed by atoms with Crippen LogP contribution in [-0.2, 0) is 0 Å². The van der Waals surface area contributed by atoms with Gasteiger partial charge in [-0.1, -0.05) is 0 Å². The second-order valence-corrected chi connectivity index (χ2v) is 2.55. The largest absolute Gasteiger partial charge is 0.293 e. The molecule has 1 fully saturated rings. The van der Waals surface area contributed by atoms with Crippen molar-refractivity contribution < 1.29 is 0 Å². The molecule has 1 saturated heterocycles. The zero-order chi connectivity index (χ0) is 5.11. The van der Waals surface area contributed by atoms with Gasteiger partial charge in [0, 0.05) is 12.3 Å². The van der Waals surface area contributed by atoms with Gasteiger partial charge in [0.25, 0.3) is 0 Å². The molecule has 1 aliphatic rings. The lowest BCUT2D eigenvalue weighted by molar-refractivity contribution is 0.813. The van der Waals surface area contributed by atoms with Gasteiger partial charge in [-0.15, -0.1) is 11.8 Å². The summed E-state index contributed by atoms with van der Waals surface area (Å²) in [6.07, 6.45) is 0. The Bertz CT molecular complexity index is 90.4. The third kappa shape index (κ3) is 1.08. The monoisotopic (exact) mass is 114 g/mol. The molecule has 38 valence electrons. The summed E-state index contributed by atoms with van der Waals surface area (Å²) in [6, 6.07) is 2.12. The highest BCUT2D eigenvalue weighted by molar-refractivity contribution is 8.00. The first-order chi connectivity index (χ1) is 3.43. The fourth-order valence-corrected chi connectivity index (χ4v) is 1.29. The second-order valence-electron chi connectivity index (χ2n) is 1.33. The molecule has 0 aliphatic carbocycles. The first-order valence-corrected chi connectivity index (χ1v) is 3.23. The molecule has 3 heteroatoms. The number of nitriles is 1. The molecule has 0 radical (unpaired) electrons. The van der Waals surface area contributed by atoms with Gasteiger partial charge in [-0.05, 0) is 0 Å². The number of thioether (sulfide) groups is 1. The maximum absolute atomic E-state index is 8.23. The van der Waals surface area contributed by atoms with Crippen LogP contribution in [0.5, 0.6) is 0 Å². The molecule has 1 N–H and O–H groups in total. The molecule has 1 aliphatic heterocycles. The van der Waals surface area contributed by atoms with Crippen molar-refractivity contribution in [3.8, 4) is 6.07 Å². The molecule has 0 amide bonds. The van der Waals surface area contributed by atoms with Crippen molar-refractivity contribution in [1.29, 1.82) is 5.26 Å². The Morgan fingerprint density at radius 2 is 2.71 bits per heavy atom. The van der Waals surface area contributed by atoms with Gasteiger partial charge in [0.15, 0.2) is 0 Å². The lowest BCUT2D eigenvalue weighted by Crippen LogP contribution is -2.16. The predicted molar refractivity (Wildman–Crippen MR) is 29.9 cm³/mol. The number of hydrogen-bond donors (Lipinski definition) is 1. The van der Waals surface area contributed by atoms with E-state index in [4.69, 9.17) is 5.26 Å². The third-order valence-corrected chi connectivity index (χ3v) is 1.88. The van der Waals surface area contributed by atoms with E-state index in [1.165, 1.54) is 0 Å². The Labute approximate surface area is 46.9 Å². The van der Waals surface area contributed by atoms with Gasteiger partial charge in [0.05, 0.1) is 6.07 Å². The summed E-state index contributed by atoms with van der Waals surface area (Å²) in [7, 11) is 0. The van der Waals surface area contributed by atoms with Crippen LogP contribution in [0, 0.1) is 11.3 Å². The molecule has 7 heavy (non-hydrogen) atoms. The normalized spacial score (nSPS) is 29.9. The van der Waals surface area contributed by atoms with Crippen molar-refractivity contribution >= 4 is 11.8 Å². The highest BCUT2D eigenvalue weighted by Gasteiger charge is 2.11. The van der Waals surface area contributed by atoms with Crippen molar-refractivity contribution in [2.24, 2.45) is 0 Å². The molecule has 0 aromatic heterocycles. The minimum absolute atomic E-state index is 0.0694. The average Bonchev–Trinajstić information content (AvgIpc) is 2.14. The lowest BCUT2D eigenvalue weighted by atomic mass is 10.6. The van der Waals surface area contributed by atoms with E-state index in [1.54, 1.807) is 11.8 Å². The minimum atomic E-state index is 0.0694. The quantitative estimate of drug-likeness (QED) is 0.487. The van der Waals surface area contributed by atoms with E-state index in [0.717, 1.165) is 12.3 Å². The maximum Gasteiger partial charge on any atom is 0.142 e. The summed E-state index contributed by atoms with van der Waals surface area (Å²) in [5, 5.41) is 11.3. The molecular weight excluding hydrogens is 108 g/mol.